The number of carbonyl (C=O) groups is 6. The van der Waals surface area contributed by atoms with Gasteiger partial charge in [0.25, 0.3) is 0 Å². The van der Waals surface area contributed by atoms with Crippen molar-refractivity contribution in [2.75, 3.05) is 9.80 Å². The number of amides is 3. The third kappa shape index (κ3) is 17.0. The van der Waals surface area contributed by atoms with Gasteiger partial charge in [0.2, 0.25) is 17.7 Å². The quantitative estimate of drug-likeness (QED) is 0.0672. The van der Waals surface area contributed by atoms with Gasteiger partial charge in [0.05, 0.1) is 72.6 Å². The van der Waals surface area contributed by atoms with Crippen molar-refractivity contribution in [3.63, 3.8) is 0 Å². The molecule has 6 aromatic carbocycles. The standard InChI is InChI=1S/C31H33FN2O5.C27H25FN2O5.C20H21FN2O3.C11H13BrO2/c1-17-6-5-7-24(32)26(17)27-23(28(39-33-27)18-8-9-18)16-37-25-15-21-14-22(25)29(35)34(21)20-12-10-19(11-13-20)30(36)38-31(2,3)4;1-14-3-2-4-21(28)23(14)24-20(25(35-29-24)15-5-6-15)13-34-22-12-18-11-19(22)26(31)30(18)17-9-7-16(8-10-17)27(32)33;1-10-3-2-4-15(21)17(10)18-14(19(26-23-18)11-5-6-11)9-25-16-8-12-7-13(16)20(24)22-12;1-11(2,3)14-10(13)8-4-6-9(12)7-5-8/h5-7,10-13,18,21-22,25H,8-9,14-16H2,1-4H3;2-4,7-10,15,18-19,22H,5-6,11-13H2,1H3,(H,32,33);2-4,11-13,16H,5-9H2,1H3,(H,22,24);4-7H,1-3H3/t21-,22+,25+;18-,19+,22+;12-,13+,16+;/m000./s1. The number of benzene rings is 6. The molecule has 21 nitrogen and oxygen atoms in total. The molecule has 3 amide bonds. The van der Waals surface area contributed by atoms with E-state index in [-0.39, 0.29) is 132 Å². The van der Waals surface area contributed by atoms with E-state index in [0.29, 0.717) is 82.4 Å². The third-order valence-corrected chi connectivity index (χ3v) is 23.2. The molecule has 3 saturated heterocycles. The smallest absolute Gasteiger partial charge is 0.338 e. The summed E-state index contributed by atoms with van der Waals surface area (Å²) in [7, 11) is 0. The topological polar surface area (TPSA) is 265 Å². The maximum absolute atomic E-state index is 14.8. The number of hydrogen-bond donors (Lipinski definition) is 2. The Labute approximate surface area is 667 Å². The third-order valence-electron chi connectivity index (χ3n) is 22.6. The first kappa shape index (κ1) is 79.2. The van der Waals surface area contributed by atoms with Crippen LogP contribution in [0.4, 0.5) is 24.5 Å². The largest absolute Gasteiger partial charge is 0.478 e. The fourth-order valence-corrected chi connectivity index (χ4v) is 16.9. The zero-order valence-corrected chi connectivity index (χ0v) is 66.7. The first-order valence-corrected chi connectivity index (χ1v) is 40.0. The number of ether oxygens (including phenoxy) is 5. The molecule has 9 aromatic rings. The van der Waals surface area contributed by atoms with E-state index in [2.05, 4.69) is 36.7 Å². The van der Waals surface area contributed by atoms with E-state index in [9.17, 15) is 41.9 Å². The number of rotatable bonds is 20. The lowest BCUT2D eigenvalue weighted by Crippen LogP contribution is -2.43. The fourth-order valence-electron chi connectivity index (χ4n) is 16.7. The summed E-state index contributed by atoms with van der Waals surface area (Å²) in [6.07, 6.45) is 10.2. The minimum absolute atomic E-state index is 0.00633. The zero-order valence-electron chi connectivity index (χ0n) is 65.1. The van der Waals surface area contributed by atoms with Crippen molar-refractivity contribution < 1.29 is 84.3 Å². The number of aromatic nitrogens is 3. The van der Waals surface area contributed by atoms with E-state index in [1.54, 1.807) is 71.6 Å². The van der Waals surface area contributed by atoms with E-state index in [1.165, 1.54) is 30.3 Å². The molecule has 0 radical (unpaired) electrons. The van der Waals surface area contributed by atoms with Crippen molar-refractivity contribution in [3.05, 3.63) is 217 Å². The molecule has 6 bridgehead atoms. The molecule has 9 atom stereocenters. The summed E-state index contributed by atoms with van der Waals surface area (Å²) in [5, 5.41) is 24.8. The van der Waals surface area contributed by atoms with Crippen LogP contribution in [0, 0.1) is 56.0 Å². The zero-order chi connectivity index (χ0) is 80.3. The molecule has 596 valence electrons. The van der Waals surface area contributed by atoms with Crippen LogP contribution in [0.3, 0.4) is 0 Å². The fraction of sp³-hybridized carbons (Fsp3) is 0.427. The number of hydrogen-bond acceptors (Lipinski definition) is 17. The minimum atomic E-state index is -0.997. The van der Waals surface area contributed by atoms with Gasteiger partial charge in [-0.1, -0.05) is 67.8 Å². The van der Waals surface area contributed by atoms with Gasteiger partial charge in [0.1, 0.15) is 63.0 Å². The molecule has 6 aliphatic carbocycles. The Balaban J connectivity index is 0.000000126. The highest BCUT2D eigenvalue weighted by Crippen LogP contribution is 2.51. The van der Waals surface area contributed by atoms with Crippen molar-refractivity contribution in [3.8, 4) is 33.8 Å². The molecular formula is C89H92BrF3N6O15. The van der Waals surface area contributed by atoms with Crippen LogP contribution in [0.2, 0.25) is 0 Å². The number of fused-ring (bicyclic) bond motifs is 6. The Kier molecular flexibility index (Phi) is 22.4. The predicted octanol–water partition coefficient (Wildman–Crippen LogP) is 18.3. The molecule has 25 heteroatoms. The number of carbonyl (C=O) groups excluding carboxylic acids is 5. The number of piperidine rings is 3. The number of aryl methyl sites for hydroxylation is 3. The summed E-state index contributed by atoms with van der Waals surface area (Å²) in [6, 6.07) is 35.7. The molecular weight excluding hydrogens is 1530 g/mol. The maximum Gasteiger partial charge on any atom is 0.338 e. The van der Waals surface area contributed by atoms with E-state index in [0.717, 1.165) is 119 Å². The number of nitrogens with one attached hydrogen (secondary N) is 1. The second-order valence-corrected chi connectivity index (χ2v) is 34.3. The number of nitrogens with zero attached hydrogens (tertiary/aromatic N) is 5. The summed E-state index contributed by atoms with van der Waals surface area (Å²) in [4.78, 5) is 77.1. The van der Waals surface area contributed by atoms with Crippen molar-refractivity contribution in [1.82, 2.24) is 20.8 Å². The van der Waals surface area contributed by atoms with Crippen LogP contribution < -0.4 is 15.1 Å². The number of carboxylic acid groups (broad SMARTS) is 1. The Morgan fingerprint density at radius 1 is 0.474 bits per heavy atom. The molecule has 6 saturated carbocycles. The number of esters is 2. The van der Waals surface area contributed by atoms with E-state index in [4.69, 9.17) is 42.4 Å². The van der Waals surface area contributed by atoms with Crippen molar-refractivity contribution in [2.24, 2.45) is 17.8 Å². The Bertz CT molecular complexity index is 5070. The molecule has 18 rings (SSSR count). The molecule has 0 unspecified atom stereocenters. The van der Waals surface area contributed by atoms with Crippen LogP contribution in [-0.4, -0.2) is 104 Å². The van der Waals surface area contributed by atoms with Gasteiger partial charge in [-0.3, -0.25) is 14.4 Å². The van der Waals surface area contributed by atoms with Gasteiger partial charge in [-0.15, -0.1) is 0 Å². The Morgan fingerprint density at radius 2 is 0.816 bits per heavy atom. The molecule has 0 spiro atoms. The predicted molar refractivity (Wildman–Crippen MR) is 419 cm³/mol. The summed E-state index contributed by atoms with van der Waals surface area (Å²) in [6.45, 7) is 17.4. The van der Waals surface area contributed by atoms with Gasteiger partial charge >= 0.3 is 17.9 Å². The second-order valence-electron chi connectivity index (χ2n) is 33.4. The van der Waals surface area contributed by atoms with Crippen LogP contribution in [0.1, 0.15) is 218 Å². The normalized spacial score (nSPS) is 22.4. The first-order chi connectivity index (χ1) is 54.5. The lowest BCUT2D eigenvalue weighted by molar-refractivity contribution is -0.129. The summed E-state index contributed by atoms with van der Waals surface area (Å²) >= 11 is 3.30. The van der Waals surface area contributed by atoms with Crippen LogP contribution in [0.15, 0.2) is 145 Å². The Morgan fingerprint density at radius 3 is 1.12 bits per heavy atom. The van der Waals surface area contributed by atoms with E-state index < -0.39 is 17.2 Å². The number of aromatic carboxylic acids is 1. The Hall–Kier alpha value is -10.1. The summed E-state index contributed by atoms with van der Waals surface area (Å²) in [5.41, 5.74) is 9.33. The van der Waals surface area contributed by atoms with Crippen molar-refractivity contribution in [2.45, 2.75) is 225 Å². The highest BCUT2D eigenvalue weighted by molar-refractivity contribution is 9.10. The molecule has 9 fully saturated rings. The van der Waals surface area contributed by atoms with Crippen LogP contribution >= 0.6 is 15.9 Å². The molecule has 3 aliphatic heterocycles. The van der Waals surface area contributed by atoms with Crippen molar-refractivity contribution in [1.29, 1.82) is 0 Å². The average Bonchev–Trinajstić information content (AvgIpc) is 1.60. The number of carboxylic acids is 1. The lowest BCUT2D eigenvalue weighted by atomic mass is 9.99. The monoisotopic (exact) mass is 1620 g/mol. The molecule has 2 N–H and O–H groups in total. The van der Waals surface area contributed by atoms with E-state index >= 15 is 0 Å². The van der Waals surface area contributed by atoms with Crippen LogP contribution in [0.25, 0.3) is 33.8 Å². The van der Waals surface area contributed by atoms with Gasteiger partial charge < -0.3 is 57.5 Å². The highest BCUT2D eigenvalue weighted by atomic mass is 79.9. The molecule has 6 heterocycles. The van der Waals surface area contributed by atoms with Gasteiger partial charge in [-0.05, 0) is 247 Å². The van der Waals surface area contributed by atoms with Crippen LogP contribution in [-0.2, 0) is 57.9 Å². The molecule has 114 heavy (non-hydrogen) atoms. The maximum atomic E-state index is 14.8. The minimum Gasteiger partial charge on any atom is -0.478 e. The van der Waals surface area contributed by atoms with E-state index in [1.807, 2.05) is 97.5 Å². The highest BCUT2D eigenvalue weighted by Gasteiger charge is 2.54. The summed E-state index contributed by atoms with van der Waals surface area (Å²) in [5.74, 6) is 0.147. The van der Waals surface area contributed by atoms with Gasteiger partial charge in [0, 0.05) is 85.1 Å². The second kappa shape index (κ2) is 32.3. The molecule has 3 aromatic heterocycles. The average molecular weight is 1620 g/mol. The molecule has 9 aliphatic rings. The SMILES string of the molecule is CC(C)(C)OC(=O)c1ccc(Br)cc1.Cc1cccc(F)c1-c1noc(C2CC2)c1CO[C@@H]1C[C@@H]2C[C@H]1C(=O)N2.Cc1cccc(F)c1-c1noc(C2CC2)c1CO[C@@H]1C[C@@H]2C[C@H]1C(=O)N2c1ccc(C(=O)O)cc1.Cc1cccc(F)c1-c1noc(C2CC2)c1CO[C@@H]1C[C@@H]2C[C@H]1C(=O)N2c1ccc(C(=O)OC(C)(C)C)cc1. The van der Waals surface area contributed by atoms with Gasteiger partial charge in [-0.2, -0.15) is 0 Å². The van der Waals surface area contributed by atoms with Gasteiger partial charge in [-0.25, -0.2) is 27.6 Å². The van der Waals surface area contributed by atoms with Crippen molar-refractivity contribution >= 4 is 62.9 Å². The lowest BCUT2D eigenvalue weighted by Gasteiger charge is -2.31. The number of halogens is 4. The number of anilines is 2. The van der Waals surface area contributed by atoms with Gasteiger partial charge in [0.15, 0.2) is 0 Å². The summed E-state index contributed by atoms with van der Waals surface area (Å²) < 4.78 is 91.4. The van der Waals surface area contributed by atoms with Crippen LogP contribution in [0.5, 0.6) is 0 Å². The first-order valence-electron chi connectivity index (χ1n) is 39.2.